The molecule has 94 valence electrons. The second-order valence-corrected chi connectivity index (χ2v) is 4.36. The maximum Gasteiger partial charge on any atom is 0.253 e. The van der Waals surface area contributed by atoms with Crippen LogP contribution in [0, 0.1) is 6.92 Å². The molecule has 4 heteroatoms. The van der Waals surface area contributed by atoms with E-state index in [9.17, 15) is 4.79 Å². The molecule has 4 N–H and O–H groups in total. The van der Waals surface area contributed by atoms with Crippen molar-refractivity contribution in [3.05, 3.63) is 29.3 Å². The molecule has 0 heterocycles. The molecule has 0 fully saturated rings. The number of benzene rings is 1. The van der Waals surface area contributed by atoms with Gasteiger partial charge in [0.05, 0.1) is 11.3 Å². The van der Waals surface area contributed by atoms with Crippen LogP contribution in [-0.4, -0.2) is 11.9 Å². The van der Waals surface area contributed by atoms with Crippen molar-refractivity contribution in [1.82, 2.24) is 5.32 Å². The van der Waals surface area contributed by atoms with Gasteiger partial charge >= 0.3 is 0 Å². The topological polar surface area (TPSA) is 67.2 Å². The highest BCUT2D eigenvalue weighted by atomic mass is 16.1. The third-order valence-electron chi connectivity index (χ3n) is 2.67. The molecule has 1 rings (SSSR count). The van der Waals surface area contributed by atoms with E-state index in [4.69, 9.17) is 5.84 Å². The van der Waals surface area contributed by atoms with Gasteiger partial charge in [-0.15, -0.1) is 0 Å². The first-order chi connectivity index (χ1) is 8.08. The van der Waals surface area contributed by atoms with Crippen LogP contribution in [0.5, 0.6) is 0 Å². The number of rotatable bonds is 5. The van der Waals surface area contributed by atoms with Gasteiger partial charge in [0.1, 0.15) is 0 Å². The lowest BCUT2D eigenvalue weighted by molar-refractivity contribution is 0.0939. The molecule has 0 aliphatic rings. The van der Waals surface area contributed by atoms with Crippen LogP contribution < -0.4 is 16.6 Å². The smallest absolute Gasteiger partial charge is 0.253 e. The summed E-state index contributed by atoms with van der Waals surface area (Å²) in [6.45, 7) is 6.06. The van der Waals surface area contributed by atoms with Crippen LogP contribution >= 0.6 is 0 Å². The predicted molar refractivity (Wildman–Crippen MR) is 70.8 cm³/mol. The molecule has 0 saturated carbocycles. The Hall–Kier alpha value is -1.55. The Bertz CT molecular complexity index is 390. The second-order valence-electron chi connectivity index (χ2n) is 4.36. The number of nitrogen functional groups attached to an aromatic ring is 1. The van der Waals surface area contributed by atoms with Crippen molar-refractivity contribution in [2.45, 2.75) is 39.7 Å². The van der Waals surface area contributed by atoms with E-state index >= 15 is 0 Å². The number of hydrogen-bond donors (Lipinski definition) is 3. The highest BCUT2D eigenvalue weighted by molar-refractivity contribution is 5.99. The average molecular weight is 235 g/mol. The Morgan fingerprint density at radius 1 is 1.47 bits per heavy atom. The molecule has 1 atom stereocenters. The zero-order valence-corrected chi connectivity index (χ0v) is 10.7. The number of nitrogens with one attached hydrogen (secondary N) is 2. The molecule has 4 nitrogen and oxygen atoms in total. The normalized spacial score (nSPS) is 12.0. The van der Waals surface area contributed by atoms with E-state index in [0.29, 0.717) is 11.3 Å². The molecule has 0 aromatic heterocycles. The SMILES string of the molecule is CCCC(C)NC(=O)c1cc(C)ccc1NN. The summed E-state index contributed by atoms with van der Waals surface area (Å²) >= 11 is 0. The molecule has 1 unspecified atom stereocenters. The molecule has 0 aliphatic carbocycles. The lowest BCUT2D eigenvalue weighted by atomic mass is 10.1. The monoisotopic (exact) mass is 235 g/mol. The number of hydrazine groups is 1. The van der Waals surface area contributed by atoms with Crippen LogP contribution in [0.1, 0.15) is 42.6 Å². The van der Waals surface area contributed by atoms with Crippen LogP contribution in [0.4, 0.5) is 5.69 Å². The largest absolute Gasteiger partial charge is 0.350 e. The van der Waals surface area contributed by atoms with Crippen molar-refractivity contribution in [3.8, 4) is 0 Å². The van der Waals surface area contributed by atoms with Crippen LogP contribution in [-0.2, 0) is 0 Å². The number of amides is 1. The molecular formula is C13H21N3O. The van der Waals surface area contributed by atoms with E-state index in [1.165, 1.54) is 0 Å². The molecule has 0 radical (unpaired) electrons. The Labute approximate surface area is 103 Å². The maximum atomic E-state index is 12.1. The van der Waals surface area contributed by atoms with Gasteiger partial charge in [0.2, 0.25) is 0 Å². The van der Waals surface area contributed by atoms with Crippen molar-refractivity contribution < 1.29 is 4.79 Å². The van der Waals surface area contributed by atoms with Gasteiger partial charge in [-0.05, 0) is 32.4 Å². The van der Waals surface area contributed by atoms with Gasteiger partial charge < -0.3 is 10.7 Å². The number of aryl methyl sites for hydroxylation is 1. The number of carbonyl (C=O) groups is 1. The quantitative estimate of drug-likeness (QED) is 0.541. The van der Waals surface area contributed by atoms with Crippen molar-refractivity contribution in [3.63, 3.8) is 0 Å². The van der Waals surface area contributed by atoms with Crippen molar-refractivity contribution in [2.75, 3.05) is 5.43 Å². The van der Waals surface area contributed by atoms with E-state index in [2.05, 4.69) is 17.7 Å². The fourth-order valence-electron chi connectivity index (χ4n) is 1.78. The molecule has 17 heavy (non-hydrogen) atoms. The molecular weight excluding hydrogens is 214 g/mol. The van der Waals surface area contributed by atoms with Crippen LogP contribution in [0.3, 0.4) is 0 Å². The third kappa shape index (κ3) is 3.75. The first-order valence-electron chi connectivity index (χ1n) is 5.96. The van der Waals surface area contributed by atoms with Crippen LogP contribution in [0.25, 0.3) is 0 Å². The third-order valence-corrected chi connectivity index (χ3v) is 2.67. The van der Waals surface area contributed by atoms with Gasteiger partial charge in [-0.2, -0.15) is 0 Å². The van der Waals surface area contributed by atoms with Crippen molar-refractivity contribution in [2.24, 2.45) is 5.84 Å². The summed E-state index contributed by atoms with van der Waals surface area (Å²) < 4.78 is 0. The molecule has 1 amide bonds. The average Bonchev–Trinajstić information content (AvgIpc) is 2.29. The lowest BCUT2D eigenvalue weighted by Gasteiger charge is -2.15. The van der Waals surface area contributed by atoms with E-state index < -0.39 is 0 Å². The lowest BCUT2D eigenvalue weighted by Crippen LogP contribution is -2.33. The highest BCUT2D eigenvalue weighted by Gasteiger charge is 2.13. The first-order valence-corrected chi connectivity index (χ1v) is 5.96. The molecule has 1 aromatic rings. The molecule has 0 aliphatic heterocycles. The fourth-order valence-corrected chi connectivity index (χ4v) is 1.78. The Balaban J connectivity index is 2.83. The summed E-state index contributed by atoms with van der Waals surface area (Å²) in [7, 11) is 0. The van der Waals surface area contributed by atoms with Crippen molar-refractivity contribution >= 4 is 11.6 Å². The van der Waals surface area contributed by atoms with Gasteiger partial charge in [0, 0.05) is 6.04 Å². The summed E-state index contributed by atoms with van der Waals surface area (Å²) in [4.78, 5) is 12.1. The Morgan fingerprint density at radius 3 is 2.76 bits per heavy atom. The van der Waals surface area contributed by atoms with E-state index in [-0.39, 0.29) is 11.9 Å². The molecule has 0 saturated heterocycles. The zero-order chi connectivity index (χ0) is 12.8. The number of carbonyl (C=O) groups excluding carboxylic acids is 1. The Kier molecular flexibility index (Phi) is 4.97. The van der Waals surface area contributed by atoms with Crippen molar-refractivity contribution in [1.29, 1.82) is 0 Å². The minimum atomic E-state index is -0.0809. The van der Waals surface area contributed by atoms with E-state index in [0.717, 1.165) is 18.4 Å². The summed E-state index contributed by atoms with van der Waals surface area (Å²) in [6.07, 6.45) is 2.03. The number of hydrogen-bond acceptors (Lipinski definition) is 3. The maximum absolute atomic E-state index is 12.1. The van der Waals surface area contributed by atoms with E-state index in [1.807, 2.05) is 32.0 Å². The van der Waals surface area contributed by atoms with E-state index in [1.54, 1.807) is 0 Å². The molecule has 1 aromatic carbocycles. The summed E-state index contributed by atoms with van der Waals surface area (Å²) in [5.74, 6) is 5.32. The summed E-state index contributed by atoms with van der Waals surface area (Å²) in [5.41, 5.74) is 4.83. The predicted octanol–water partition coefficient (Wildman–Crippen LogP) is 2.20. The second kappa shape index (κ2) is 6.25. The molecule has 0 spiro atoms. The minimum Gasteiger partial charge on any atom is -0.350 e. The standard InChI is InChI=1S/C13H21N3O/c1-4-5-10(3)15-13(17)11-8-9(2)6-7-12(11)16-14/h6-8,10,16H,4-5,14H2,1-3H3,(H,15,17). The Morgan fingerprint density at radius 2 is 2.18 bits per heavy atom. The summed E-state index contributed by atoms with van der Waals surface area (Å²) in [6, 6.07) is 5.75. The number of anilines is 1. The minimum absolute atomic E-state index is 0.0809. The highest BCUT2D eigenvalue weighted by Crippen LogP contribution is 2.16. The van der Waals surface area contributed by atoms with Crippen LogP contribution in [0.2, 0.25) is 0 Å². The molecule has 0 bridgehead atoms. The zero-order valence-electron chi connectivity index (χ0n) is 10.7. The summed E-state index contributed by atoms with van der Waals surface area (Å²) in [5, 5.41) is 2.96. The van der Waals surface area contributed by atoms with Gasteiger partial charge in [-0.1, -0.05) is 25.0 Å². The fraction of sp³-hybridized carbons (Fsp3) is 0.462. The van der Waals surface area contributed by atoms with Crippen LogP contribution in [0.15, 0.2) is 18.2 Å². The van der Waals surface area contributed by atoms with Gasteiger partial charge in [0.25, 0.3) is 5.91 Å². The first kappa shape index (κ1) is 13.5. The number of nitrogens with two attached hydrogens (primary N) is 1. The van der Waals surface area contributed by atoms with Gasteiger partial charge in [0.15, 0.2) is 0 Å². The van der Waals surface area contributed by atoms with Gasteiger partial charge in [-0.25, -0.2) is 0 Å². The van der Waals surface area contributed by atoms with Gasteiger partial charge in [-0.3, -0.25) is 10.6 Å².